The summed E-state index contributed by atoms with van der Waals surface area (Å²) in [6.07, 6.45) is 3.61. The molecule has 1 heterocycles. The van der Waals surface area contributed by atoms with E-state index in [1.165, 1.54) is 0 Å². The Labute approximate surface area is 143 Å². The Morgan fingerprint density at radius 3 is 2.68 bits per heavy atom. The molecule has 0 saturated carbocycles. The summed E-state index contributed by atoms with van der Waals surface area (Å²) >= 11 is 9.84. The molecule has 0 fully saturated rings. The zero-order chi connectivity index (χ0) is 15.7. The van der Waals surface area contributed by atoms with E-state index in [9.17, 15) is 0 Å². The molecule has 0 spiro atoms. The Hall–Kier alpha value is -1.77. The molecule has 110 valence electrons. The summed E-state index contributed by atoms with van der Waals surface area (Å²) in [4.78, 5) is 0. The van der Waals surface area contributed by atoms with Gasteiger partial charge < -0.3 is 4.42 Å². The number of allylic oxidation sites excluding steroid dienone is 1. The van der Waals surface area contributed by atoms with Gasteiger partial charge in [0.15, 0.2) is 5.76 Å². The molecular formula is C19H14BrClO. The molecule has 0 aliphatic rings. The maximum atomic E-state index is 6.24. The van der Waals surface area contributed by atoms with Gasteiger partial charge in [0.25, 0.3) is 0 Å². The zero-order valence-electron chi connectivity index (χ0n) is 12.1. The van der Waals surface area contributed by atoms with Gasteiger partial charge in [-0.1, -0.05) is 70.5 Å². The fourth-order valence-electron chi connectivity index (χ4n) is 2.49. The summed E-state index contributed by atoms with van der Waals surface area (Å²) in [5.41, 5.74) is 3.99. The van der Waals surface area contributed by atoms with Crippen molar-refractivity contribution >= 4 is 49.6 Å². The van der Waals surface area contributed by atoms with E-state index in [1.54, 1.807) is 6.08 Å². The molecule has 0 atom stereocenters. The predicted octanol–water partition coefficient (Wildman–Crippen LogP) is 7.10. The van der Waals surface area contributed by atoms with Gasteiger partial charge in [0.2, 0.25) is 0 Å². The van der Waals surface area contributed by atoms with Gasteiger partial charge in [-0.15, -0.1) is 0 Å². The highest BCUT2D eigenvalue weighted by molar-refractivity contribution is 9.10. The van der Waals surface area contributed by atoms with Crippen LogP contribution in [0.1, 0.15) is 18.2 Å². The Morgan fingerprint density at radius 1 is 1.23 bits per heavy atom. The van der Waals surface area contributed by atoms with Crippen LogP contribution in [0, 0.1) is 0 Å². The van der Waals surface area contributed by atoms with E-state index in [1.807, 2.05) is 43.3 Å². The van der Waals surface area contributed by atoms with Crippen LogP contribution in [-0.4, -0.2) is 0 Å². The molecule has 1 aromatic heterocycles. The second-order valence-corrected chi connectivity index (χ2v) is 6.14. The largest absolute Gasteiger partial charge is 0.455 e. The molecule has 1 nitrogen and oxygen atoms in total. The van der Waals surface area contributed by atoms with Crippen molar-refractivity contribution in [1.29, 1.82) is 0 Å². The maximum Gasteiger partial charge on any atom is 0.153 e. The topological polar surface area (TPSA) is 13.1 Å². The number of benzene rings is 2. The monoisotopic (exact) mass is 372 g/mol. The van der Waals surface area contributed by atoms with Crippen LogP contribution in [0.3, 0.4) is 0 Å². The normalized spacial score (nSPS) is 11.9. The highest BCUT2D eigenvalue weighted by atomic mass is 79.9. The molecule has 3 heteroatoms. The van der Waals surface area contributed by atoms with Crippen LogP contribution in [0.5, 0.6) is 0 Å². The molecule has 0 aliphatic carbocycles. The second kappa shape index (κ2) is 6.15. The van der Waals surface area contributed by atoms with Gasteiger partial charge >= 0.3 is 0 Å². The Kier molecular flexibility index (Phi) is 4.23. The minimum Gasteiger partial charge on any atom is -0.455 e. The van der Waals surface area contributed by atoms with Crippen molar-refractivity contribution in [3.8, 4) is 11.1 Å². The molecule has 3 aromatic rings. The third-order valence-electron chi connectivity index (χ3n) is 3.59. The van der Waals surface area contributed by atoms with Gasteiger partial charge in [-0.2, -0.15) is 0 Å². The number of halogens is 2. The molecule has 0 bridgehead atoms. The first-order valence-electron chi connectivity index (χ1n) is 6.91. The number of furan rings is 1. The lowest BCUT2D eigenvalue weighted by molar-refractivity contribution is 0.601. The molecule has 0 aliphatic heterocycles. The smallest absolute Gasteiger partial charge is 0.153 e. The van der Waals surface area contributed by atoms with Crippen LogP contribution >= 0.6 is 27.5 Å². The SMILES string of the molecule is C=Cc1c(/C(Cl)=C\C)oc2ccc(-c3ccccc3Br)cc12. The molecule has 2 aromatic carbocycles. The molecular weight excluding hydrogens is 360 g/mol. The van der Waals surface area contributed by atoms with Gasteiger partial charge in [-0.25, -0.2) is 0 Å². The van der Waals surface area contributed by atoms with Crippen molar-refractivity contribution in [2.75, 3.05) is 0 Å². The van der Waals surface area contributed by atoms with Crippen molar-refractivity contribution < 1.29 is 4.42 Å². The molecule has 0 saturated heterocycles. The Bertz CT molecular complexity index is 890. The summed E-state index contributed by atoms with van der Waals surface area (Å²) in [7, 11) is 0. The van der Waals surface area contributed by atoms with Crippen LogP contribution in [0.4, 0.5) is 0 Å². The Morgan fingerprint density at radius 2 is 2.00 bits per heavy atom. The molecule has 0 radical (unpaired) electrons. The Balaban J connectivity index is 2.26. The van der Waals surface area contributed by atoms with Gasteiger partial charge in [-0.05, 0) is 36.2 Å². The fraction of sp³-hybridized carbons (Fsp3) is 0.0526. The average Bonchev–Trinajstić information content (AvgIpc) is 2.92. The number of hydrogen-bond donors (Lipinski definition) is 0. The lowest BCUT2D eigenvalue weighted by Gasteiger charge is -2.04. The highest BCUT2D eigenvalue weighted by Crippen LogP contribution is 2.37. The van der Waals surface area contributed by atoms with E-state index in [2.05, 4.69) is 34.6 Å². The van der Waals surface area contributed by atoms with Gasteiger partial charge in [-0.3, -0.25) is 0 Å². The first-order valence-corrected chi connectivity index (χ1v) is 8.09. The van der Waals surface area contributed by atoms with Crippen LogP contribution < -0.4 is 0 Å². The summed E-state index contributed by atoms with van der Waals surface area (Å²) in [6, 6.07) is 14.3. The van der Waals surface area contributed by atoms with Crippen molar-refractivity contribution in [3.05, 3.63) is 70.9 Å². The lowest BCUT2D eigenvalue weighted by Crippen LogP contribution is -1.80. The third-order valence-corrected chi connectivity index (χ3v) is 4.67. The first kappa shape index (κ1) is 15.1. The minimum absolute atomic E-state index is 0.591. The molecule has 0 amide bonds. The molecule has 0 unspecified atom stereocenters. The number of fused-ring (bicyclic) bond motifs is 1. The molecule has 3 rings (SSSR count). The van der Waals surface area contributed by atoms with Gasteiger partial charge in [0.05, 0.1) is 5.03 Å². The maximum absolute atomic E-state index is 6.24. The van der Waals surface area contributed by atoms with Crippen molar-refractivity contribution in [1.82, 2.24) is 0 Å². The van der Waals surface area contributed by atoms with E-state index in [0.717, 1.165) is 32.1 Å². The minimum atomic E-state index is 0.591. The number of rotatable bonds is 3. The molecule has 22 heavy (non-hydrogen) atoms. The van der Waals surface area contributed by atoms with E-state index in [0.29, 0.717) is 10.8 Å². The fourth-order valence-corrected chi connectivity index (χ4v) is 3.14. The summed E-state index contributed by atoms with van der Waals surface area (Å²) < 4.78 is 6.94. The highest BCUT2D eigenvalue weighted by Gasteiger charge is 2.15. The van der Waals surface area contributed by atoms with Gasteiger partial charge in [0, 0.05) is 15.4 Å². The summed E-state index contributed by atoms with van der Waals surface area (Å²) in [5, 5.41) is 1.60. The van der Waals surface area contributed by atoms with Crippen molar-refractivity contribution in [2.24, 2.45) is 0 Å². The first-order chi connectivity index (χ1) is 10.7. The lowest BCUT2D eigenvalue weighted by atomic mass is 10.0. The van der Waals surface area contributed by atoms with Gasteiger partial charge in [0.1, 0.15) is 5.58 Å². The predicted molar refractivity (Wildman–Crippen MR) is 98.9 cm³/mol. The van der Waals surface area contributed by atoms with E-state index in [4.69, 9.17) is 16.0 Å². The third kappa shape index (κ3) is 2.53. The van der Waals surface area contributed by atoms with E-state index >= 15 is 0 Å². The number of hydrogen-bond acceptors (Lipinski definition) is 1. The second-order valence-electron chi connectivity index (χ2n) is 4.88. The van der Waals surface area contributed by atoms with Crippen LogP contribution in [0.25, 0.3) is 33.2 Å². The summed E-state index contributed by atoms with van der Waals surface area (Å²) in [6.45, 7) is 5.78. The van der Waals surface area contributed by atoms with Crippen LogP contribution in [-0.2, 0) is 0 Å². The van der Waals surface area contributed by atoms with Crippen LogP contribution in [0.15, 0.2) is 64.0 Å². The average molecular weight is 374 g/mol. The van der Waals surface area contributed by atoms with E-state index < -0.39 is 0 Å². The quantitative estimate of drug-likeness (QED) is 0.477. The standard InChI is InChI=1S/C19H14BrClO/c1-3-13-15-11-12(14-7-5-6-8-16(14)20)9-10-18(15)22-19(13)17(21)4-2/h3-11H,1H2,2H3/b17-4+. The summed E-state index contributed by atoms with van der Waals surface area (Å²) in [5.74, 6) is 0.665. The van der Waals surface area contributed by atoms with E-state index in [-0.39, 0.29) is 0 Å². The van der Waals surface area contributed by atoms with Crippen LogP contribution in [0.2, 0.25) is 0 Å². The van der Waals surface area contributed by atoms with Crippen molar-refractivity contribution in [2.45, 2.75) is 6.92 Å². The van der Waals surface area contributed by atoms with Crippen molar-refractivity contribution in [3.63, 3.8) is 0 Å². The zero-order valence-corrected chi connectivity index (χ0v) is 14.4. The molecule has 0 N–H and O–H groups in total.